The molecule has 2 saturated heterocycles. The van der Waals surface area contributed by atoms with Crippen molar-refractivity contribution < 1.29 is 13.2 Å². The Hall–Kier alpha value is -0.330. The molecule has 0 aromatic heterocycles. The Kier molecular flexibility index (Phi) is 3.95. The van der Waals surface area contributed by atoms with Gasteiger partial charge in [-0.25, -0.2) is 0 Å². The van der Waals surface area contributed by atoms with E-state index >= 15 is 0 Å². The summed E-state index contributed by atoms with van der Waals surface area (Å²) in [7, 11) is 1.58. The number of hydrogen-bond donors (Lipinski definition) is 1. The number of piperazine rings is 1. The van der Waals surface area contributed by atoms with Crippen molar-refractivity contribution >= 4 is 0 Å². The van der Waals surface area contributed by atoms with Crippen LogP contribution in [0, 0.1) is 5.92 Å². The highest BCUT2D eigenvalue weighted by Crippen LogP contribution is 2.36. The molecule has 0 radical (unpaired) electrons. The van der Waals surface area contributed by atoms with Crippen LogP contribution in [0.2, 0.25) is 0 Å². The van der Waals surface area contributed by atoms with Crippen LogP contribution >= 0.6 is 0 Å². The molecule has 2 fully saturated rings. The van der Waals surface area contributed by atoms with Crippen molar-refractivity contribution in [1.29, 1.82) is 0 Å². The molecule has 0 unspecified atom stereocenters. The monoisotopic (exact) mass is 251 g/mol. The molecular weight excluding hydrogens is 231 g/mol. The minimum Gasteiger partial charge on any atom is -0.314 e. The van der Waals surface area contributed by atoms with Crippen LogP contribution in [-0.4, -0.2) is 68.3 Å². The predicted molar refractivity (Wildman–Crippen MR) is 59.9 cm³/mol. The van der Waals surface area contributed by atoms with Gasteiger partial charge in [0.1, 0.15) is 6.04 Å². The van der Waals surface area contributed by atoms with E-state index in [0.29, 0.717) is 19.5 Å². The van der Waals surface area contributed by atoms with Crippen LogP contribution in [0.4, 0.5) is 13.2 Å². The molecule has 2 aliphatic rings. The largest absolute Gasteiger partial charge is 0.404 e. The predicted octanol–water partition coefficient (Wildman–Crippen LogP) is 0.774. The Morgan fingerprint density at radius 3 is 2.41 bits per heavy atom. The number of nitrogens with one attached hydrogen (secondary N) is 1. The number of nitrogens with zero attached hydrogens (tertiary/aromatic N) is 2. The second-order valence-electron chi connectivity index (χ2n) is 5.07. The molecular formula is C11H20F3N3. The summed E-state index contributed by atoms with van der Waals surface area (Å²) in [5.41, 5.74) is 0. The molecule has 6 heteroatoms. The van der Waals surface area contributed by atoms with E-state index < -0.39 is 12.2 Å². The van der Waals surface area contributed by atoms with Crippen molar-refractivity contribution in [2.45, 2.75) is 18.6 Å². The average molecular weight is 251 g/mol. The van der Waals surface area contributed by atoms with E-state index in [1.165, 1.54) is 4.90 Å². The number of hydrogen-bond acceptors (Lipinski definition) is 3. The van der Waals surface area contributed by atoms with Crippen molar-refractivity contribution in [3.63, 3.8) is 0 Å². The zero-order valence-electron chi connectivity index (χ0n) is 10.1. The van der Waals surface area contributed by atoms with Crippen LogP contribution in [-0.2, 0) is 0 Å². The van der Waals surface area contributed by atoms with Gasteiger partial charge in [0.05, 0.1) is 0 Å². The fourth-order valence-corrected chi connectivity index (χ4v) is 2.96. The molecule has 0 saturated carbocycles. The summed E-state index contributed by atoms with van der Waals surface area (Å²) in [4.78, 5) is 3.60. The third kappa shape index (κ3) is 3.11. The Labute approximate surface area is 99.9 Å². The summed E-state index contributed by atoms with van der Waals surface area (Å²) in [6.07, 6.45) is -3.44. The molecule has 2 aliphatic heterocycles. The number of alkyl halides is 3. The van der Waals surface area contributed by atoms with Crippen LogP contribution in [0.25, 0.3) is 0 Å². The van der Waals surface area contributed by atoms with Crippen LogP contribution in [0.3, 0.4) is 0 Å². The molecule has 17 heavy (non-hydrogen) atoms. The highest BCUT2D eigenvalue weighted by Gasteiger charge is 2.50. The molecule has 3 nitrogen and oxygen atoms in total. The Balaban J connectivity index is 1.94. The van der Waals surface area contributed by atoms with E-state index in [9.17, 15) is 13.2 Å². The smallest absolute Gasteiger partial charge is 0.314 e. The first-order valence-electron chi connectivity index (χ1n) is 6.18. The summed E-state index contributed by atoms with van der Waals surface area (Å²) >= 11 is 0. The van der Waals surface area contributed by atoms with Gasteiger partial charge < -0.3 is 10.2 Å². The van der Waals surface area contributed by atoms with Crippen LogP contribution in [0.1, 0.15) is 6.42 Å². The molecule has 0 bridgehead atoms. The Morgan fingerprint density at radius 1 is 1.18 bits per heavy atom. The second kappa shape index (κ2) is 5.12. The Bertz CT molecular complexity index is 251. The van der Waals surface area contributed by atoms with E-state index in [1.807, 2.05) is 0 Å². The lowest BCUT2D eigenvalue weighted by Crippen LogP contribution is -2.49. The van der Waals surface area contributed by atoms with Gasteiger partial charge in [-0.15, -0.1) is 0 Å². The third-order valence-corrected chi connectivity index (χ3v) is 3.81. The summed E-state index contributed by atoms with van der Waals surface area (Å²) in [5.74, 6) is -0.266. The first-order chi connectivity index (χ1) is 7.98. The lowest BCUT2D eigenvalue weighted by molar-refractivity contribution is -0.183. The van der Waals surface area contributed by atoms with Crippen LogP contribution < -0.4 is 5.32 Å². The van der Waals surface area contributed by atoms with Gasteiger partial charge >= 0.3 is 6.18 Å². The lowest BCUT2D eigenvalue weighted by Gasteiger charge is -2.33. The molecule has 100 valence electrons. The van der Waals surface area contributed by atoms with Gasteiger partial charge in [-0.1, -0.05) is 0 Å². The lowest BCUT2D eigenvalue weighted by atomic mass is 9.99. The normalized spacial score (nSPS) is 33.2. The first-order valence-corrected chi connectivity index (χ1v) is 6.18. The number of likely N-dealkylation sites (tertiary alicyclic amines) is 1. The zero-order valence-corrected chi connectivity index (χ0v) is 10.1. The molecule has 0 aromatic carbocycles. The third-order valence-electron chi connectivity index (χ3n) is 3.81. The molecule has 0 spiro atoms. The minimum atomic E-state index is -4.09. The highest BCUT2D eigenvalue weighted by molar-refractivity contribution is 4.92. The van der Waals surface area contributed by atoms with E-state index in [0.717, 1.165) is 26.2 Å². The molecule has 0 aliphatic carbocycles. The fraction of sp³-hybridized carbons (Fsp3) is 1.00. The van der Waals surface area contributed by atoms with Crippen molar-refractivity contribution in [1.82, 2.24) is 15.1 Å². The maximum atomic E-state index is 12.9. The van der Waals surface area contributed by atoms with Gasteiger partial charge in [-0.3, -0.25) is 4.90 Å². The summed E-state index contributed by atoms with van der Waals surface area (Å²) in [6, 6.07) is -1.25. The quantitative estimate of drug-likeness (QED) is 0.782. The molecule has 2 rings (SSSR count). The van der Waals surface area contributed by atoms with Crippen LogP contribution in [0.5, 0.6) is 0 Å². The fourth-order valence-electron chi connectivity index (χ4n) is 2.96. The molecule has 0 aromatic rings. The number of rotatable bonds is 2. The summed E-state index contributed by atoms with van der Waals surface area (Å²) in [5, 5.41) is 3.22. The van der Waals surface area contributed by atoms with E-state index in [1.54, 1.807) is 7.05 Å². The molecule has 0 amide bonds. The standard InChI is InChI=1S/C11H20F3N3/c1-16-5-2-9(10(16)11(12,13)14)8-17-6-3-15-4-7-17/h9-10,15H,2-8H2,1H3/t9-,10+/m1/s1. The van der Waals surface area contributed by atoms with Crippen molar-refractivity contribution in [2.75, 3.05) is 46.3 Å². The maximum Gasteiger partial charge on any atom is 0.404 e. The van der Waals surface area contributed by atoms with Gasteiger partial charge in [0.25, 0.3) is 0 Å². The van der Waals surface area contributed by atoms with Crippen molar-refractivity contribution in [3.05, 3.63) is 0 Å². The molecule has 1 N–H and O–H groups in total. The van der Waals surface area contributed by atoms with Gasteiger partial charge in [-0.2, -0.15) is 13.2 Å². The maximum absolute atomic E-state index is 12.9. The topological polar surface area (TPSA) is 18.5 Å². The number of halogens is 3. The van der Waals surface area contributed by atoms with E-state index in [-0.39, 0.29) is 5.92 Å². The summed E-state index contributed by atoms with van der Waals surface area (Å²) in [6.45, 7) is 4.64. The second-order valence-corrected chi connectivity index (χ2v) is 5.07. The van der Waals surface area contributed by atoms with E-state index in [4.69, 9.17) is 0 Å². The van der Waals surface area contributed by atoms with Crippen molar-refractivity contribution in [3.8, 4) is 0 Å². The van der Waals surface area contributed by atoms with Gasteiger partial charge in [0, 0.05) is 32.7 Å². The minimum absolute atomic E-state index is 0.266. The van der Waals surface area contributed by atoms with Gasteiger partial charge in [-0.05, 0) is 25.9 Å². The van der Waals surface area contributed by atoms with E-state index in [2.05, 4.69) is 10.2 Å². The van der Waals surface area contributed by atoms with Crippen molar-refractivity contribution in [2.24, 2.45) is 5.92 Å². The van der Waals surface area contributed by atoms with Gasteiger partial charge in [0.2, 0.25) is 0 Å². The van der Waals surface area contributed by atoms with Gasteiger partial charge in [0.15, 0.2) is 0 Å². The zero-order chi connectivity index (χ0) is 12.5. The molecule has 2 atom stereocenters. The molecule has 2 heterocycles. The first kappa shape index (κ1) is 13.1. The van der Waals surface area contributed by atoms with Crippen LogP contribution in [0.15, 0.2) is 0 Å². The summed E-state index contributed by atoms with van der Waals surface area (Å²) < 4.78 is 38.8. The Morgan fingerprint density at radius 2 is 1.82 bits per heavy atom. The SMILES string of the molecule is CN1CC[C@H](CN2CCNCC2)[C@H]1C(F)(F)F. The average Bonchev–Trinajstić information content (AvgIpc) is 2.60. The highest BCUT2D eigenvalue weighted by atomic mass is 19.4.